The van der Waals surface area contributed by atoms with Crippen LogP contribution in [0.2, 0.25) is 0 Å². The largest absolute Gasteiger partial charge is 0.197 e. The Hall–Kier alpha value is -1.64. The van der Waals surface area contributed by atoms with Gasteiger partial charge in [-0.3, -0.25) is 0 Å². The summed E-state index contributed by atoms with van der Waals surface area (Å²) in [7, 11) is 0. The molecular formula is C12H15N3. The van der Waals surface area contributed by atoms with Gasteiger partial charge in [0.25, 0.3) is 0 Å². The van der Waals surface area contributed by atoms with Crippen LogP contribution in [0.25, 0.3) is 11.3 Å². The molecule has 1 aromatic carbocycles. The second kappa shape index (κ2) is 4.73. The highest BCUT2D eigenvalue weighted by Crippen LogP contribution is 2.21. The Bertz CT molecular complexity index is 407. The highest BCUT2D eigenvalue weighted by atomic mass is 15.3. The number of unbranched alkanes of at least 4 members (excludes halogenated alkanes) is 1. The normalized spacial score (nSPS) is 10.5. The van der Waals surface area contributed by atoms with Gasteiger partial charge in [-0.05, 0) is 18.4 Å². The maximum Gasteiger partial charge on any atom is 0.113 e. The van der Waals surface area contributed by atoms with Gasteiger partial charge in [-0.15, -0.1) is 0 Å². The lowest BCUT2D eigenvalue weighted by Crippen LogP contribution is -1.90. The Kier molecular flexibility index (Phi) is 3.12. The molecule has 0 saturated carbocycles. The molecule has 0 unspecified atom stereocenters. The number of rotatable bonds is 4. The molecule has 0 spiro atoms. The first-order valence-corrected chi connectivity index (χ1v) is 5.36. The lowest BCUT2D eigenvalue weighted by Gasteiger charge is -2.05. The first-order valence-electron chi connectivity index (χ1n) is 5.36. The summed E-state index contributed by atoms with van der Waals surface area (Å²) in [5, 5.41) is 10.6. The van der Waals surface area contributed by atoms with E-state index in [9.17, 15) is 0 Å². The minimum absolute atomic E-state index is 0.932. The maximum absolute atomic E-state index is 4.12. The fourth-order valence-electron chi connectivity index (χ4n) is 1.69. The first kappa shape index (κ1) is 9.90. The molecule has 0 amide bonds. The van der Waals surface area contributed by atoms with E-state index >= 15 is 0 Å². The van der Waals surface area contributed by atoms with Crippen molar-refractivity contribution in [3.63, 3.8) is 0 Å². The van der Waals surface area contributed by atoms with Crippen molar-refractivity contribution in [1.29, 1.82) is 0 Å². The van der Waals surface area contributed by atoms with Crippen molar-refractivity contribution < 1.29 is 0 Å². The van der Waals surface area contributed by atoms with Gasteiger partial charge < -0.3 is 0 Å². The van der Waals surface area contributed by atoms with E-state index in [1.165, 1.54) is 24.0 Å². The molecule has 15 heavy (non-hydrogen) atoms. The molecule has 3 nitrogen and oxygen atoms in total. The summed E-state index contributed by atoms with van der Waals surface area (Å²) in [6.07, 6.45) is 5.31. The molecule has 0 aliphatic carbocycles. The van der Waals surface area contributed by atoms with Gasteiger partial charge in [-0.25, -0.2) is 0 Å². The van der Waals surface area contributed by atoms with E-state index in [2.05, 4.69) is 40.5 Å². The van der Waals surface area contributed by atoms with Crippen molar-refractivity contribution in [3.8, 4) is 11.3 Å². The van der Waals surface area contributed by atoms with Crippen molar-refractivity contribution in [3.05, 3.63) is 36.0 Å². The molecule has 1 N–H and O–H groups in total. The van der Waals surface area contributed by atoms with Crippen LogP contribution >= 0.6 is 0 Å². The number of nitrogens with zero attached hydrogens (tertiary/aromatic N) is 2. The summed E-state index contributed by atoms with van der Waals surface area (Å²) in [6, 6.07) is 8.39. The van der Waals surface area contributed by atoms with E-state index in [0.29, 0.717) is 0 Å². The van der Waals surface area contributed by atoms with Gasteiger partial charge in [0, 0.05) is 5.56 Å². The van der Waals surface area contributed by atoms with Gasteiger partial charge >= 0.3 is 0 Å². The zero-order chi connectivity index (χ0) is 10.5. The summed E-state index contributed by atoms with van der Waals surface area (Å²) in [5.41, 5.74) is 3.48. The molecule has 78 valence electrons. The van der Waals surface area contributed by atoms with Crippen LogP contribution in [0.5, 0.6) is 0 Å². The molecule has 0 fully saturated rings. The van der Waals surface area contributed by atoms with E-state index in [0.717, 1.165) is 12.1 Å². The second-order valence-corrected chi connectivity index (χ2v) is 3.62. The van der Waals surface area contributed by atoms with Crippen LogP contribution in [-0.4, -0.2) is 15.4 Å². The van der Waals surface area contributed by atoms with Crippen LogP contribution in [0.1, 0.15) is 25.3 Å². The fourth-order valence-corrected chi connectivity index (χ4v) is 1.69. The molecule has 2 rings (SSSR count). The third-order valence-corrected chi connectivity index (χ3v) is 2.51. The fraction of sp³-hybridized carbons (Fsp3) is 0.333. The molecule has 2 aromatic rings. The number of aryl methyl sites for hydroxylation is 1. The average molecular weight is 201 g/mol. The van der Waals surface area contributed by atoms with E-state index in [1.54, 1.807) is 6.20 Å². The Labute approximate surface area is 89.5 Å². The predicted molar refractivity (Wildman–Crippen MR) is 60.4 cm³/mol. The number of aromatic amines is 1. The van der Waals surface area contributed by atoms with E-state index in [4.69, 9.17) is 0 Å². The molecule has 0 bridgehead atoms. The average Bonchev–Trinajstić information content (AvgIpc) is 2.80. The van der Waals surface area contributed by atoms with Crippen molar-refractivity contribution in [2.75, 3.05) is 0 Å². The van der Waals surface area contributed by atoms with Gasteiger partial charge in [0.1, 0.15) is 5.69 Å². The summed E-state index contributed by atoms with van der Waals surface area (Å²) < 4.78 is 0. The zero-order valence-corrected chi connectivity index (χ0v) is 8.90. The van der Waals surface area contributed by atoms with Gasteiger partial charge in [-0.2, -0.15) is 15.4 Å². The summed E-state index contributed by atoms with van der Waals surface area (Å²) >= 11 is 0. The third kappa shape index (κ3) is 2.24. The standard InChI is InChI=1S/C12H15N3/c1-2-3-6-10-7-4-5-8-11(10)12-9-13-15-14-12/h4-5,7-9H,2-3,6H2,1H3,(H,13,14,15). The third-order valence-electron chi connectivity index (χ3n) is 2.51. The van der Waals surface area contributed by atoms with Crippen LogP contribution < -0.4 is 0 Å². The van der Waals surface area contributed by atoms with Crippen molar-refractivity contribution in [2.45, 2.75) is 26.2 Å². The second-order valence-electron chi connectivity index (χ2n) is 3.62. The minimum atomic E-state index is 0.932. The van der Waals surface area contributed by atoms with Crippen LogP contribution in [0.3, 0.4) is 0 Å². The molecular weight excluding hydrogens is 186 g/mol. The Morgan fingerprint density at radius 1 is 1.27 bits per heavy atom. The van der Waals surface area contributed by atoms with Crippen molar-refractivity contribution in [2.24, 2.45) is 0 Å². The topological polar surface area (TPSA) is 41.6 Å². The minimum Gasteiger partial charge on any atom is -0.197 e. The van der Waals surface area contributed by atoms with Crippen LogP contribution in [0.15, 0.2) is 30.5 Å². The molecule has 1 heterocycles. The van der Waals surface area contributed by atoms with Crippen LogP contribution in [-0.2, 0) is 6.42 Å². The van der Waals surface area contributed by atoms with Gasteiger partial charge in [0.15, 0.2) is 0 Å². The van der Waals surface area contributed by atoms with E-state index in [1.807, 2.05) is 6.07 Å². The van der Waals surface area contributed by atoms with Crippen molar-refractivity contribution in [1.82, 2.24) is 15.4 Å². The summed E-state index contributed by atoms with van der Waals surface area (Å²) in [5.74, 6) is 0. The number of H-pyrrole nitrogens is 1. The molecule has 3 heteroatoms. The molecule has 0 aliphatic rings. The first-order chi connectivity index (χ1) is 7.42. The Morgan fingerprint density at radius 2 is 2.13 bits per heavy atom. The highest BCUT2D eigenvalue weighted by Gasteiger charge is 2.05. The summed E-state index contributed by atoms with van der Waals surface area (Å²) in [4.78, 5) is 0. The Morgan fingerprint density at radius 3 is 2.87 bits per heavy atom. The smallest absolute Gasteiger partial charge is 0.113 e. The zero-order valence-electron chi connectivity index (χ0n) is 8.90. The number of hydrogen-bond donors (Lipinski definition) is 1. The molecule has 0 atom stereocenters. The Balaban J connectivity index is 2.30. The van der Waals surface area contributed by atoms with E-state index < -0.39 is 0 Å². The van der Waals surface area contributed by atoms with E-state index in [-0.39, 0.29) is 0 Å². The van der Waals surface area contributed by atoms with Gasteiger partial charge in [-0.1, -0.05) is 37.6 Å². The van der Waals surface area contributed by atoms with Crippen LogP contribution in [0, 0.1) is 0 Å². The SMILES string of the molecule is CCCCc1ccccc1-c1cn[nH]n1. The predicted octanol–water partition coefficient (Wildman–Crippen LogP) is 2.81. The maximum atomic E-state index is 4.12. The molecule has 0 aliphatic heterocycles. The highest BCUT2D eigenvalue weighted by molar-refractivity contribution is 5.62. The quantitative estimate of drug-likeness (QED) is 0.826. The van der Waals surface area contributed by atoms with Gasteiger partial charge in [0.05, 0.1) is 6.20 Å². The lowest BCUT2D eigenvalue weighted by molar-refractivity contribution is 0.795. The number of hydrogen-bond acceptors (Lipinski definition) is 2. The van der Waals surface area contributed by atoms with Crippen molar-refractivity contribution >= 4 is 0 Å². The van der Waals surface area contributed by atoms with Crippen LogP contribution in [0.4, 0.5) is 0 Å². The number of nitrogens with one attached hydrogen (secondary N) is 1. The lowest BCUT2D eigenvalue weighted by atomic mass is 10.0. The van der Waals surface area contributed by atoms with Gasteiger partial charge in [0.2, 0.25) is 0 Å². The molecule has 0 radical (unpaired) electrons. The number of benzene rings is 1. The summed E-state index contributed by atoms with van der Waals surface area (Å²) in [6.45, 7) is 2.21. The number of aromatic nitrogens is 3. The molecule has 0 saturated heterocycles. The monoisotopic (exact) mass is 201 g/mol. The molecule has 1 aromatic heterocycles.